The van der Waals surface area contributed by atoms with Crippen LogP contribution >= 0.6 is 0 Å². The van der Waals surface area contributed by atoms with Crippen molar-refractivity contribution in [1.82, 2.24) is 0 Å². The first-order valence-electron chi connectivity index (χ1n) is 5.68. The number of aryl methyl sites for hydroxylation is 1. The molecule has 0 radical (unpaired) electrons. The summed E-state index contributed by atoms with van der Waals surface area (Å²) in [6.45, 7) is 1.98. The number of nitrogens with zero attached hydrogens (tertiary/aromatic N) is 2. The topological polar surface area (TPSA) is 68.3 Å². The maximum atomic E-state index is 11.0. The van der Waals surface area contributed by atoms with Crippen molar-refractivity contribution in [1.29, 1.82) is 0 Å². The normalized spacial score (nSPS) is 10.0. The van der Waals surface area contributed by atoms with Crippen LogP contribution in [0.5, 0.6) is 0 Å². The summed E-state index contributed by atoms with van der Waals surface area (Å²) in [5.74, 6) is 0. The van der Waals surface area contributed by atoms with Gasteiger partial charge in [-0.25, -0.2) is 0 Å². The van der Waals surface area contributed by atoms with Crippen molar-refractivity contribution in [3.8, 4) is 0 Å². The van der Waals surface area contributed by atoms with E-state index in [1.807, 2.05) is 31.2 Å². The minimum absolute atomic E-state index is 0.00567. The lowest BCUT2D eigenvalue weighted by Gasteiger charge is -2.05. The fourth-order valence-corrected chi connectivity index (χ4v) is 1.63. The molecule has 1 N–H and O–H groups in total. The molecule has 0 aliphatic heterocycles. The molecule has 2 rings (SSSR count). The Morgan fingerprint density at radius 1 is 1.26 bits per heavy atom. The largest absolute Gasteiger partial charge is 0.345 e. The Balaban J connectivity index is 2.36. The maximum Gasteiger partial charge on any atom is 0.305 e. The Kier molecular flexibility index (Phi) is 3.61. The number of nitro groups is 1. The van der Waals surface area contributed by atoms with Gasteiger partial charge in [0.15, 0.2) is 5.69 Å². The number of hydrogen-bond donors (Lipinski definition) is 1. The highest BCUT2D eigenvalue weighted by molar-refractivity contribution is 5.67. The molecule has 0 fully saturated rings. The Hall–Kier alpha value is -2.63. The van der Waals surface area contributed by atoms with Crippen LogP contribution in [0.3, 0.4) is 0 Å². The van der Waals surface area contributed by atoms with Gasteiger partial charge in [-0.15, -0.1) is 0 Å². The van der Waals surface area contributed by atoms with Crippen molar-refractivity contribution in [3.63, 3.8) is 0 Å². The molecular formula is C13H14N3O3+. The van der Waals surface area contributed by atoms with Gasteiger partial charge in [0.25, 0.3) is 6.20 Å². The highest BCUT2D eigenvalue weighted by Gasteiger charge is 2.19. The molecular weight excluding hydrogens is 246 g/mol. The summed E-state index contributed by atoms with van der Waals surface area (Å²) in [5.41, 5.74) is 2.27. The fraction of sp³-hybridized carbons (Fsp3) is 0.154. The van der Waals surface area contributed by atoms with Crippen LogP contribution in [0.25, 0.3) is 0 Å². The first kappa shape index (κ1) is 12.8. The van der Waals surface area contributed by atoms with Crippen LogP contribution in [0.4, 0.5) is 17.1 Å². The van der Waals surface area contributed by atoms with Crippen molar-refractivity contribution >= 4 is 17.1 Å². The molecule has 0 amide bonds. The highest BCUT2D eigenvalue weighted by atomic mass is 16.6. The van der Waals surface area contributed by atoms with Gasteiger partial charge in [-0.2, -0.15) is 0 Å². The Morgan fingerprint density at radius 3 is 2.53 bits per heavy atom. The van der Waals surface area contributed by atoms with E-state index in [0.29, 0.717) is 5.69 Å². The molecule has 0 aliphatic carbocycles. The predicted molar refractivity (Wildman–Crippen MR) is 70.3 cm³/mol. The van der Waals surface area contributed by atoms with Crippen LogP contribution < -0.4 is 14.9 Å². The summed E-state index contributed by atoms with van der Waals surface area (Å²) in [7, 11) is 1.49. The molecule has 0 spiro atoms. The second-order valence-corrected chi connectivity index (χ2v) is 4.03. The number of pyridine rings is 1. The standard InChI is InChI=1S/C13H14N3O3/c1-10-3-5-11(6-4-10)14-12-9-15(19-2)8-7-13(12)16(17)18/h3-9,14H,1-2H3/q+1. The van der Waals surface area contributed by atoms with E-state index >= 15 is 0 Å². The lowest BCUT2D eigenvalue weighted by atomic mass is 10.2. The van der Waals surface area contributed by atoms with Gasteiger partial charge in [-0.05, 0) is 19.1 Å². The number of rotatable bonds is 4. The SMILES string of the molecule is CO[n+]1ccc([N+](=O)[O-])c(Nc2ccc(C)cc2)c1. The summed E-state index contributed by atoms with van der Waals surface area (Å²) < 4.78 is 1.39. The minimum Gasteiger partial charge on any atom is -0.345 e. The quantitative estimate of drug-likeness (QED) is 0.518. The number of anilines is 2. The molecule has 98 valence electrons. The third-order valence-electron chi connectivity index (χ3n) is 2.65. The van der Waals surface area contributed by atoms with E-state index in [9.17, 15) is 10.1 Å². The zero-order chi connectivity index (χ0) is 13.8. The fourth-order valence-electron chi connectivity index (χ4n) is 1.63. The van der Waals surface area contributed by atoms with Gasteiger partial charge in [0, 0.05) is 10.4 Å². The maximum absolute atomic E-state index is 11.0. The second-order valence-electron chi connectivity index (χ2n) is 4.03. The lowest BCUT2D eigenvalue weighted by Crippen LogP contribution is -2.39. The van der Waals surface area contributed by atoms with Gasteiger partial charge >= 0.3 is 5.69 Å². The third-order valence-corrected chi connectivity index (χ3v) is 2.65. The Morgan fingerprint density at radius 2 is 1.95 bits per heavy atom. The van der Waals surface area contributed by atoms with E-state index in [4.69, 9.17) is 4.84 Å². The van der Waals surface area contributed by atoms with E-state index < -0.39 is 4.92 Å². The molecule has 0 aliphatic rings. The molecule has 19 heavy (non-hydrogen) atoms. The summed E-state index contributed by atoms with van der Waals surface area (Å²) in [6.07, 6.45) is 3.01. The van der Waals surface area contributed by atoms with Crippen molar-refractivity contribution in [2.45, 2.75) is 6.92 Å². The Bertz CT molecular complexity index is 597. The molecule has 1 aromatic heterocycles. The molecule has 0 bridgehead atoms. The van der Waals surface area contributed by atoms with Gasteiger partial charge in [-0.1, -0.05) is 17.7 Å². The molecule has 2 aromatic rings. The Labute approximate surface area is 110 Å². The van der Waals surface area contributed by atoms with Crippen LogP contribution in [-0.4, -0.2) is 12.0 Å². The summed E-state index contributed by atoms with van der Waals surface area (Å²) >= 11 is 0. The van der Waals surface area contributed by atoms with E-state index in [1.165, 1.54) is 30.3 Å². The smallest absolute Gasteiger partial charge is 0.305 e. The van der Waals surface area contributed by atoms with Crippen molar-refractivity contribution in [2.75, 3.05) is 12.4 Å². The van der Waals surface area contributed by atoms with E-state index in [-0.39, 0.29) is 5.69 Å². The summed E-state index contributed by atoms with van der Waals surface area (Å²) in [6, 6.07) is 8.98. The van der Waals surface area contributed by atoms with E-state index in [1.54, 1.807) is 0 Å². The van der Waals surface area contributed by atoms with Crippen molar-refractivity contribution in [2.24, 2.45) is 0 Å². The molecule has 6 nitrogen and oxygen atoms in total. The van der Waals surface area contributed by atoms with E-state index in [0.717, 1.165) is 11.3 Å². The van der Waals surface area contributed by atoms with Crippen molar-refractivity contribution in [3.05, 3.63) is 58.4 Å². The van der Waals surface area contributed by atoms with Gasteiger partial charge in [0.2, 0.25) is 6.20 Å². The zero-order valence-corrected chi connectivity index (χ0v) is 10.7. The molecule has 0 unspecified atom stereocenters. The molecule has 1 aromatic carbocycles. The lowest BCUT2D eigenvalue weighted by molar-refractivity contribution is -0.885. The average molecular weight is 260 g/mol. The van der Waals surface area contributed by atoms with E-state index in [2.05, 4.69) is 5.32 Å². The van der Waals surface area contributed by atoms with Gasteiger partial charge in [0.1, 0.15) is 7.11 Å². The predicted octanol–water partition coefficient (Wildman–Crippen LogP) is 1.99. The highest BCUT2D eigenvalue weighted by Crippen LogP contribution is 2.25. The van der Waals surface area contributed by atoms with Crippen molar-refractivity contribution < 1.29 is 14.5 Å². The number of benzene rings is 1. The van der Waals surface area contributed by atoms with Crippen LogP contribution in [0, 0.1) is 17.0 Å². The molecule has 0 saturated heterocycles. The number of aromatic nitrogens is 1. The zero-order valence-electron chi connectivity index (χ0n) is 10.7. The molecule has 1 heterocycles. The molecule has 6 heteroatoms. The molecule has 0 saturated carbocycles. The van der Waals surface area contributed by atoms with Crippen LogP contribution in [0.1, 0.15) is 5.56 Å². The van der Waals surface area contributed by atoms with Crippen LogP contribution in [-0.2, 0) is 0 Å². The van der Waals surface area contributed by atoms with Gasteiger partial charge < -0.3 is 5.32 Å². The monoisotopic (exact) mass is 260 g/mol. The first-order chi connectivity index (χ1) is 9.10. The van der Waals surface area contributed by atoms with Crippen LogP contribution in [0.15, 0.2) is 42.7 Å². The molecule has 0 atom stereocenters. The average Bonchev–Trinajstić information content (AvgIpc) is 2.41. The number of nitrogens with one attached hydrogen (secondary N) is 1. The van der Waals surface area contributed by atoms with Gasteiger partial charge in [-0.3, -0.25) is 15.0 Å². The summed E-state index contributed by atoms with van der Waals surface area (Å²) in [4.78, 5) is 15.5. The number of hydrogen-bond acceptors (Lipinski definition) is 4. The van der Waals surface area contributed by atoms with Gasteiger partial charge in [0.05, 0.1) is 11.0 Å². The third kappa shape index (κ3) is 2.98. The second kappa shape index (κ2) is 5.34. The first-order valence-corrected chi connectivity index (χ1v) is 5.68. The summed E-state index contributed by atoms with van der Waals surface area (Å²) in [5, 5.41) is 14.0. The minimum atomic E-state index is -0.434. The van der Waals surface area contributed by atoms with Crippen LogP contribution in [0.2, 0.25) is 0 Å².